The second kappa shape index (κ2) is 17.7. The third-order valence-electron chi connectivity index (χ3n) is 6.43. The fourth-order valence-corrected chi connectivity index (χ4v) is 4.52. The van der Waals surface area contributed by atoms with E-state index >= 15 is 0 Å². The average molecular weight is 447 g/mol. The second-order valence-electron chi connectivity index (χ2n) is 9.19. The summed E-state index contributed by atoms with van der Waals surface area (Å²) < 4.78 is 0. The van der Waals surface area contributed by atoms with Crippen LogP contribution in [0.15, 0.2) is 12.1 Å². The molecule has 0 atom stereocenters. The first-order valence-corrected chi connectivity index (χ1v) is 13.1. The monoisotopic (exact) mass is 446 g/mol. The third-order valence-corrected chi connectivity index (χ3v) is 6.43. The van der Waals surface area contributed by atoms with Crippen LogP contribution in [0.25, 0.3) is 0 Å². The van der Waals surface area contributed by atoms with Crippen molar-refractivity contribution in [3.8, 4) is 0 Å². The van der Waals surface area contributed by atoms with Crippen LogP contribution in [0.5, 0.6) is 0 Å². The molecule has 32 heavy (non-hydrogen) atoms. The first-order chi connectivity index (χ1) is 15.5. The highest BCUT2D eigenvalue weighted by atomic mass is 16.4. The molecule has 0 heterocycles. The summed E-state index contributed by atoms with van der Waals surface area (Å²) in [5, 5.41) is 19.3. The Morgan fingerprint density at radius 2 is 1.03 bits per heavy atom. The molecule has 4 heteroatoms. The summed E-state index contributed by atoms with van der Waals surface area (Å²) in [4.78, 5) is 23.6. The molecule has 0 aliphatic rings. The SMILES string of the molecule is CCCCCCCCCCCc1ccc(C(=O)O)c(C(=O)O)c1CCCCCCCCC. The lowest BCUT2D eigenvalue weighted by Crippen LogP contribution is -2.14. The van der Waals surface area contributed by atoms with Crippen molar-refractivity contribution in [1.82, 2.24) is 0 Å². The van der Waals surface area contributed by atoms with Gasteiger partial charge in [-0.25, -0.2) is 9.59 Å². The summed E-state index contributed by atoms with van der Waals surface area (Å²) in [6.07, 6.45) is 20.9. The first kappa shape index (κ1) is 28.2. The van der Waals surface area contributed by atoms with E-state index in [-0.39, 0.29) is 11.1 Å². The Morgan fingerprint density at radius 1 is 0.594 bits per heavy atom. The van der Waals surface area contributed by atoms with E-state index in [0.717, 1.165) is 49.7 Å². The third kappa shape index (κ3) is 11.2. The highest BCUT2D eigenvalue weighted by Crippen LogP contribution is 2.25. The van der Waals surface area contributed by atoms with Crippen molar-refractivity contribution in [2.45, 2.75) is 129 Å². The maximum absolute atomic E-state index is 12.0. The molecule has 0 amide bonds. The van der Waals surface area contributed by atoms with Gasteiger partial charge >= 0.3 is 11.9 Å². The van der Waals surface area contributed by atoms with Crippen molar-refractivity contribution in [2.75, 3.05) is 0 Å². The number of hydrogen-bond donors (Lipinski definition) is 2. The number of rotatable bonds is 20. The molecule has 2 N–H and O–H groups in total. The number of benzene rings is 1. The molecule has 0 bridgehead atoms. The molecule has 1 rings (SSSR count). The van der Waals surface area contributed by atoms with Gasteiger partial charge in [0.05, 0.1) is 11.1 Å². The van der Waals surface area contributed by atoms with E-state index in [0.29, 0.717) is 6.42 Å². The van der Waals surface area contributed by atoms with Crippen LogP contribution < -0.4 is 0 Å². The van der Waals surface area contributed by atoms with Gasteiger partial charge in [-0.1, -0.05) is 110 Å². The lowest BCUT2D eigenvalue weighted by molar-refractivity contribution is 0.0650. The second-order valence-corrected chi connectivity index (χ2v) is 9.19. The molecule has 0 saturated heterocycles. The van der Waals surface area contributed by atoms with Gasteiger partial charge in [-0.05, 0) is 42.9 Å². The van der Waals surface area contributed by atoms with Crippen molar-refractivity contribution >= 4 is 11.9 Å². The average Bonchev–Trinajstić information content (AvgIpc) is 2.77. The minimum absolute atomic E-state index is 0.0110. The van der Waals surface area contributed by atoms with E-state index in [1.165, 1.54) is 76.7 Å². The smallest absolute Gasteiger partial charge is 0.336 e. The maximum atomic E-state index is 12.0. The van der Waals surface area contributed by atoms with Crippen LogP contribution in [-0.2, 0) is 12.8 Å². The molecule has 1 aromatic rings. The predicted octanol–water partition coefficient (Wildman–Crippen LogP) is 8.45. The topological polar surface area (TPSA) is 74.6 Å². The minimum Gasteiger partial charge on any atom is -0.478 e. The lowest BCUT2D eigenvalue weighted by Gasteiger charge is -2.15. The van der Waals surface area contributed by atoms with E-state index < -0.39 is 11.9 Å². The van der Waals surface area contributed by atoms with Gasteiger partial charge in [0.15, 0.2) is 0 Å². The van der Waals surface area contributed by atoms with E-state index in [2.05, 4.69) is 13.8 Å². The standard InChI is InChI=1S/C28H46O4/c1-3-5-7-9-11-12-14-15-17-19-23-21-22-25(27(29)30)26(28(31)32)24(23)20-18-16-13-10-8-6-4-2/h21-22H,3-20H2,1-2H3,(H,29,30)(H,31,32). The van der Waals surface area contributed by atoms with Crippen molar-refractivity contribution in [1.29, 1.82) is 0 Å². The van der Waals surface area contributed by atoms with Crippen molar-refractivity contribution in [2.24, 2.45) is 0 Å². The molecule has 0 unspecified atom stereocenters. The molecule has 0 spiro atoms. The summed E-state index contributed by atoms with van der Waals surface area (Å²) in [6, 6.07) is 3.35. The molecule has 4 nitrogen and oxygen atoms in total. The molecule has 182 valence electrons. The molecular formula is C28H46O4. The number of hydrogen-bond acceptors (Lipinski definition) is 2. The fourth-order valence-electron chi connectivity index (χ4n) is 4.52. The fraction of sp³-hybridized carbons (Fsp3) is 0.714. The molecule has 0 saturated carbocycles. The number of aromatic carboxylic acids is 2. The van der Waals surface area contributed by atoms with Gasteiger partial charge < -0.3 is 10.2 Å². The van der Waals surface area contributed by atoms with E-state index in [1.54, 1.807) is 0 Å². The number of unbranched alkanes of at least 4 members (excludes halogenated alkanes) is 14. The summed E-state index contributed by atoms with van der Waals surface area (Å²) in [5.41, 5.74) is 1.72. The van der Waals surface area contributed by atoms with Crippen molar-refractivity contribution < 1.29 is 19.8 Å². The number of carbonyl (C=O) groups is 2. The largest absolute Gasteiger partial charge is 0.478 e. The van der Waals surface area contributed by atoms with Gasteiger partial charge in [-0.3, -0.25) is 0 Å². The Balaban J connectivity index is 2.66. The van der Waals surface area contributed by atoms with Crippen LogP contribution >= 0.6 is 0 Å². The molecule has 0 fully saturated rings. The molecule has 0 radical (unpaired) electrons. The molecule has 0 aliphatic heterocycles. The summed E-state index contributed by atoms with van der Waals surface area (Å²) in [5.74, 6) is -2.27. The van der Waals surface area contributed by atoms with Crippen LogP contribution in [0.4, 0.5) is 0 Å². The zero-order valence-corrected chi connectivity index (χ0v) is 20.6. The first-order valence-electron chi connectivity index (χ1n) is 13.1. The molecule has 0 aromatic heterocycles. The zero-order chi connectivity index (χ0) is 23.6. The normalized spacial score (nSPS) is 11.1. The Bertz CT molecular complexity index is 666. The van der Waals surface area contributed by atoms with Gasteiger partial charge in [-0.15, -0.1) is 0 Å². The number of carboxylic acid groups (broad SMARTS) is 2. The van der Waals surface area contributed by atoms with Crippen LogP contribution in [0, 0.1) is 0 Å². The number of aryl methyl sites for hydroxylation is 1. The van der Waals surface area contributed by atoms with Crippen LogP contribution in [0.2, 0.25) is 0 Å². The molecule has 1 aromatic carbocycles. The Morgan fingerprint density at radius 3 is 1.47 bits per heavy atom. The van der Waals surface area contributed by atoms with Gasteiger partial charge in [-0.2, -0.15) is 0 Å². The van der Waals surface area contributed by atoms with Crippen molar-refractivity contribution in [3.63, 3.8) is 0 Å². The molecule has 0 aliphatic carbocycles. The van der Waals surface area contributed by atoms with Gasteiger partial charge in [0.1, 0.15) is 0 Å². The van der Waals surface area contributed by atoms with E-state index in [1.807, 2.05) is 6.07 Å². The predicted molar refractivity (Wildman–Crippen MR) is 133 cm³/mol. The highest BCUT2D eigenvalue weighted by Gasteiger charge is 2.22. The summed E-state index contributed by atoms with van der Waals surface area (Å²) >= 11 is 0. The minimum atomic E-state index is -1.15. The maximum Gasteiger partial charge on any atom is 0.336 e. The van der Waals surface area contributed by atoms with Gasteiger partial charge in [0, 0.05) is 0 Å². The van der Waals surface area contributed by atoms with Crippen molar-refractivity contribution in [3.05, 3.63) is 34.4 Å². The Labute approximate surface area is 195 Å². The van der Waals surface area contributed by atoms with Crippen LogP contribution in [0.3, 0.4) is 0 Å². The Kier molecular flexibility index (Phi) is 15.6. The lowest BCUT2D eigenvalue weighted by atomic mass is 9.89. The molecular weight excluding hydrogens is 400 g/mol. The van der Waals surface area contributed by atoms with Gasteiger partial charge in [0.2, 0.25) is 0 Å². The quantitative estimate of drug-likeness (QED) is 0.197. The number of carboxylic acids is 2. The summed E-state index contributed by atoms with van der Waals surface area (Å²) in [6.45, 7) is 4.44. The van der Waals surface area contributed by atoms with E-state index in [4.69, 9.17) is 0 Å². The van der Waals surface area contributed by atoms with Gasteiger partial charge in [0.25, 0.3) is 0 Å². The van der Waals surface area contributed by atoms with E-state index in [9.17, 15) is 19.8 Å². The summed E-state index contributed by atoms with van der Waals surface area (Å²) in [7, 11) is 0. The van der Waals surface area contributed by atoms with Crippen LogP contribution in [0.1, 0.15) is 148 Å². The zero-order valence-electron chi connectivity index (χ0n) is 20.6. The highest BCUT2D eigenvalue weighted by molar-refractivity contribution is 6.03. The Hall–Kier alpha value is -1.84. The van der Waals surface area contributed by atoms with Crippen LogP contribution in [-0.4, -0.2) is 22.2 Å².